The van der Waals surface area contributed by atoms with Crippen LogP contribution in [0.4, 0.5) is 5.95 Å². The molecule has 2 aliphatic rings. The van der Waals surface area contributed by atoms with Crippen molar-refractivity contribution in [1.29, 1.82) is 0 Å². The lowest BCUT2D eigenvalue weighted by atomic mass is 9.80. The smallest absolute Gasteiger partial charge is 0.225 e. The van der Waals surface area contributed by atoms with E-state index in [0.29, 0.717) is 6.61 Å². The monoisotopic (exact) mass is 372 g/mol. The normalized spacial score (nSPS) is 22.6. The second kappa shape index (κ2) is 6.80. The van der Waals surface area contributed by atoms with E-state index in [-0.39, 0.29) is 5.41 Å². The van der Waals surface area contributed by atoms with Gasteiger partial charge < -0.3 is 9.64 Å². The van der Waals surface area contributed by atoms with Gasteiger partial charge in [0.2, 0.25) is 5.95 Å². The zero-order valence-corrected chi connectivity index (χ0v) is 16.4. The average Bonchev–Trinajstić information content (AvgIpc) is 2.99. The topological polar surface area (TPSA) is 41.5 Å². The fraction of sp³-hybridized carbons (Fsp3) is 0.500. The van der Waals surface area contributed by atoms with Crippen LogP contribution in [0.25, 0.3) is 0 Å². The first-order valence-electron chi connectivity index (χ1n) is 9.07. The highest BCUT2D eigenvalue weighted by Gasteiger charge is 2.45. The number of aryl methyl sites for hydroxylation is 1. The second-order valence-electron chi connectivity index (χ2n) is 7.69. The summed E-state index contributed by atoms with van der Waals surface area (Å²) in [6, 6.07) is 8.12. The third-order valence-electron chi connectivity index (χ3n) is 5.46. The molecule has 1 aromatic carbocycles. The van der Waals surface area contributed by atoms with Crippen LogP contribution >= 0.6 is 11.6 Å². The number of nitrogens with zero attached hydrogens (tertiary/aromatic N) is 4. The number of rotatable bonds is 3. The number of aromatic nitrogens is 2. The maximum Gasteiger partial charge on any atom is 0.225 e. The molecular formula is C20H25ClN4O. The Labute approximate surface area is 160 Å². The van der Waals surface area contributed by atoms with Crippen molar-refractivity contribution in [2.75, 3.05) is 38.7 Å². The number of halogens is 1. The van der Waals surface area contributed by atoms with Crippen molar-refractivity contribution in [3.63, 3.8) is 0 Å². The van der Waals surface area contributed by atoms with E-state index in [1.54, 1.807) is 0 Å². The maximum absolute atomic E-state index is 6.14. The van der Waals surface area contributed by atoms with E-state index in [2.05, 4.69) is 22.9 Å². The van der Waals surface area contributed by atoms with Gasteiger partial charge in [-0.25, -0.2) is 9.97 Å². The molecule has 1 fully saturated rings. The van der Waals surface area contributed by atoms with Gasteiger partial charge in [0.25, 0.3) is 0 Å². The minimum atomic E-state index is -0.0371. The fourth-order valence-electron chi connectivity index (χ4n) is 4.11. The van der Waals surface area contributed by atoms with E-state index in [1.807, 2.05) is 37.2 Å². The average molecular weight is 373 g/mol. The fourth-order valence-corrected chi connectivity index (χ4v) is 4.32. The lowest BCUT2D eigenvalue weighted by Gasteiger charge is -2.35. The van der Waals surface area contributed by atoms with E-state index in [0.717, 1.165) is 49.3 Å². The van der Waals surface area contributed by atoms with Crippen molar-refractivity contribution < 1.29 is 4.74 Å². The van der Waals surface area contributed by atoms with Gasteiger partial charge >= 0.3 is 0 Å². The van der Waals surface area contributed by atoms with Crippen LogP contribution in [-0.4, -0.2) is 48.7 Å². The number of ether oxygens (including phenoxy) is 1. The Bertz CT molecular complexity index is 825. The highest BCUT2D eigenvalue weighted by atomic mass is 35.5. The zero-order valence-electron chi connectivity index (χ0n) is 15.6. The van der Waals surface area contributed by atoms with E-state index < -0.39 is 0 Å². The van der Waals surface area contributed by atoms with Crippen LogP contribution in [0.15, 0.2) is 24.3 Å². The summed E-state index contributed by atoms with van der Waals surface area (Å²) in [5.41, 5.74) is 4.61. The summed E-state index contributed by atoms with van der Waals surface area (Å²) in [7, 11) is 3.99. The van der Waals surface area contributed by atoms with E-state index in [9.17, 15) is 0 Å². The van der Waals surface area contributed by atoms with Crippen LogP contribution in [-0.2, 0) is 23.3 Å². The van der Waals surface area contributed by atoms with Crippen LogP contribution < -0.4 is 4.90 Å². The molecule has 2 aliphatic heterocycles. The van der Waals surface area contributed by atoms with Gasteiger partial charge in [-0.1, -0.05) is 23.7 Å². The number of likely N-dealkylation sites (tertiary alicyclic amines) is 1. The SMILES string of the molecule is Cc1nc(N(C)C)nc2c1COC[C@]21CCN(Cc2cccc(Cl)c2)C1. The molecule has 2 aromatic rings. The first-order chi connectivity index (χ1) is 12.5. The molecule has 138 valence electrons. The van der Waals surface area contributed by atoms with Gasteiger partial charge in [-0.2, -0.15) is 0 Å². The van der Waals surface area contributed by atoms with Gasteiger partial charge in [0, 0.05) is 43.5 Å². The Morgan fingerprint density at radius 1 is 1.31 bits per heavy atom. The number of hydrogen-bond acceptors (Lipinski definition) is 5. The van der Waals surface area contributed by atoms with Crippen molar-refractivity contribution in [3.05, 3.63) is 51.8 Å². The predicted octanol–water partition coefficient (Wildman–Crippen LogP) is 3.18. The molecule has 0 unspecified atom stereocenters. The Morgan fingerprint density at radius 3 is 2.92 bits per heavy atom. The van der Waals surface area contributed by atoms with Crippen LogP contribution in [0.1, 0.15) is 28.9 Å². The summed E-state index contributed by atoms with van der Waals surface area (Å²) in [6.07, 6.45) is 1.06. The molecule has 0 aliphatic carbocycles. The summed E-state index contributed by atoms with van der Waals surface area (Å²) in [4.78, 5) is 14.1. The molecule has 0 bridgehead atoms. The lowest BCUT2D eigenvalue weighted by Crippen LogP contribution is -2.41. The minimum Gasteiger partial charge on any atom is -0.376 e. The number of hydrogen-bond donors (Lipinski definition) is 0. The molecule has 0 saturated carbocycles. The number of fused-ring (bicyclic) bond motifs is 2. The minimum absolute atomic E-state index is 0.0371. The van der Waals surface area contributed by atoms with Gasteiger partial charge in [0.05, 0.1) is 24.3 Å². The van der Waals surface area contributed by atoms with E-state index >= 15 is 0 Å². The molecule has 1 atom stereocenters. The van der Waals surface area contributed by atoms with Crippen molar-refractivity contribution in [2.24, 2.45) is 0 Å². The van der Waals surface area contributed by atoms with E-state index in [1.165, 1.54) is 16.8 Å². The molecule has 5 nitrogen and oxygen atoms in total. The first-order valence-corrected chi connectivity index (χ1v) is 9.44. The summed E-state index contributed by atoms with van der Waals surface area (Å²) in [5, 5.41) is 0.793. The van der Waals surface area contributed by atoms with Gasteiger partial charge in [0.15, 0.2) is 0 Å². The Morgan fingerprint density at radius 2 is 2.15 bits per heavy atom. The van der Waals surface area contributed by atoms with Crippen molar-refractivity contribution >= 4 is 17.5 Å². The largest absolute Gasteiger partial charge is 0.376 e. The zero-order chi connectivity index (χ0) is 18.3. The molecule has 1 saturated heterocycles. The maximum atomic E-state index is 6.14. The highest BCUT2D eigenvalue weighted by Crippen LogP contribution is 2.40. The molecule has 0 N–H and O–H groups in total. The predicted molar refractivity (Wildman–Crippen MR) is 104 cm³/mol. The lowest BCUT2D eigenvalue weighted by molar-refractivity contribution is 0.0498. The Balaban J connectivity index is 1.63. The molecule has 4 rings (SSSR count). The molecule has 1 aromatic heterocycles. The van der Waals surface area contributed by atoms with E-state index in [4.69, 9.17) is 21.3 Å². The third kappa shape index (κ3) is 3.20. The molecule has 0 radical (unpaired) electrons. The van der Waals surface area contributed by atoms with Crippen molar-refractivity contribution in [2.45, 2.75) is 31.9 Å². The highest BCUT2D eigenvalue weighted by molar-refractivity contribution is 6.30. The second-order valence-corrected chi connectivity index (χ2v) is 8.13. The van der Waals surface area contributed by atoms with Gasteiger partial charge in [0.1, 0.15) is 0 Å². The standard InChI is InChI=1S/C20H25ClN4O/c1-14-17-11-26-13-20(18(17)23-19(22-14)24(2)3)7-8-25(12-20)10-15-5-4-6-16(21)9-15/h4-6,9H,7-8,10-13H2,1-3H3/t20-/m1/s1. The molecule has 3 heterocycles. The summed E-state index contributed by atoms with van der Waals surface area (Å²) in [6.45, 7) is 6.31. The Kier molecular flexibility index (Phi) is 4.63. The summed E-state index contributed by atoms with van der Waals surface area (Å²) in [5.74, 6) is 0.788. The number of anilines is 1. The summed E-state index contributed by atoms with van der Waals surface area (Å²) < 4.78 is 5.99. The van der Waals surface area contributed by atoms with Gasteiger partial charge in [-0.3, -0.25) is 4.90 Å². The van der Waals surface area contributed by atoms with Crippen molar-refractivity contribution in [3.8, 4) is 0 Å². The molecule has 1 spiro atoms. The number of benzene rings is 1. The third-order valence-corrected chi connectivity index (χ3v) is 5.69. The van der Waals surface area contributed by atoms with Crippen LogP contribution in [0, 0.1) is 6.92 Å². The molecular weight excluding hydrogens is 348 g/mol. The molecule has 26 heavy (non-hydrogen) atoms. The van der Waals surface area contributed by atoms with Crippen LogP contribution in [0.3, 0.4) is 0 Å². The van der Waals surface area contributed by atoms with Crippen LogP contribution in [0.2, 0.25) is 5.02 Å². The molecule has 0 amide bonds. The van der Waals surface area contributed by atoms with Crippen molar-refractivity contribution in [1.82, 2.24) is 14.9 Å². The summed E-state index contributed by atoms with van der Waals surface area (Å²) >= 11 is 6.14. The quantitative estimate of drug-likeness (QED) is 0.827. The van der Waals surface area contributed by atoms with Gasteiger partial charge in [-0.05, 0) is 37.6 Å². The first kappa shape index (κ1) is 17.7. The van der Waals surface area contributed by atoms with Gasteiger partial charge in [-0.15, -0.1) is 0 Å². The Hall–Kier alpha value is -1.69. The molecule has 6 heteroatoms. The van der Waals surface area contributed by atoms with Crippen LogP contribution in [0.5, 0.6) is 0 Å².